The summed E-state index contributed by atoms with van der Waals surface area (Å²) in [4.78, 5) is 27.1. The number of carbonyl (C=O) groups excluding carboxylic acids is 1. The molecular weight excluding hydrogens is 300 g/mol. The van der Waals surface area contributed by atoms with E-state index in [-0.39, 0.29) is 23.5 Å². The monoisotopic (exact) mass is 312 g/mol. The van der Waals surface area contributed by atoms with Gasteiger partial charge in [-0.3, -0.25) is 5.32 Å². The van der Waals surface area contributed by atoms with Crippen LogP contribution in [0.25, 0.3) is 5.52 Å². The smallest absolute Gasteiger partial charge is 0.413 e. The van der Waals surface area contributed by atoms with Crippen LogP contribution in [0.2, 0.25) is 0 Å². The van der Waals surface area contributed by atoms with E-state index in [1.54, 1.807) is 0 Å². The van der Waals surface area contributed by atoms with Gasteiger partial charge in [0.05, 0.1) is 6.20 Å². The molecule has 0 aliphatic heterocycles. The Balaban J connectivity index is 1.77. The SMILES string of the molecule is O=C(Nc1nccn2ncc(C(=O)O)c12)OCc1ccccc1. The minimum atomic E-state index is -1.16. The van der Waals surface area contributed by atoms with Crippen LogP contribution in [0.3, 0.4) is 0 Å². The highest BCUT2D eigenvalue weighted by Crippen LogP contribution is 2.18. The molecule has 8 nitrogen and oxygen atoms in total. The van der Waals surface area contributed by atoms with Gasteiger partial charge in [0.15, 0.2) is 5.82 Å². The number of carboxylic acids is 1. The van der Waals surface area contributed by atoms with E-state index in [0.29, 0.717) is 0 Å². The molecule has 1 amide bonds. The van der Waals surface area contributed by atoms with Crippen molar-refractivity contribution in [3.63, 3.8) is 0 Å². The Morgan fingerprint density at radius 3 is 2.78 bits per heavy atom. The maximum Gasteiger partial charge on any atom is 0.413 e. The Bertz CT molecular complexity index is 860. The molecule has 0 aliphatic rings. The predicted molar refractivity (Wildman–Crippen MR) is 80.2 cm³/mol. The topological polar surface area (TPSA) is 106 Å². The third kappa shape index (κ3) is 3.10. The first-order valence-corrected chi connectivity index (χ1v) is 6.68. The van der Waals surface area contributed by atoms with Gasteiger partial charge >= 0.3 is 12.1 Å². The molecule has 0 radical (unpaired) electrons. The van der Waals surface area contributed by atoms with Crippen molar-refractivity contribution in [2.75, 3.05) is 5.32 Å². The number of rotatable bonds is 4. The van der Waals surface area contributed by atoms with E-state index >= 15 is 0 Å². The lowest BCUT2D eigenvalue weighted by molar-refractivity contribution is 0.0699. The zero-order chi connectivity index (χ0) is 16.2. The molecule has 2 heterocycles. The van der Waals surface area contributed by atoms with E-state index < -0.39 is 12.1 Å². The number of nitrogens with zero attached hydrogens (tertiary/aromatic N) is 3. The van der Waals surface area contributed by atoms with Gasteiger partial charge in [0, 0.05) is 12.4 Å². The van der Waals surface area contributed by atoms with Gasteiger partial charge in [-0.1, -0.05) is 30.3 Å². The first kappa shape index (κ1) is 14.5. The zero-order valence-corrected chi connectivity index (χ0v) is 11.8. The van der Waals surface area contributed by atoms with Gasteiger partial charge in [-0.2, -0.15) is 5.10 Å². The number of hydrogen-bond donors (Lipinski definition) is 2. The fourth-order valence-corrected chi connectivity index (χ4v) is 2.05. The van der Waals surface area contributed by atoms with Gasteiger partial charge in [-0.15, -0.1) is 0 Å². The molecular formula is C15H12N4O4. The fraction of sp³-hybridized carbons (Fsp3) is 0.0667. The van der Waals surface area contributed by atoms with Crippen LogP contribution >= 0.6 is 0 Å². The second-order valence-electron chi connectivity index (χ2n) is 4.62. The summed E-state index contributed by atoms with van der Waals surface area (Å²) < 4.78 is 6.41. The molecule has 0 aliphatic carbocycles. The van der Waals surface area contributed by atoms with Crippen LogP contribution in [0.4, 0.5) is 10.6 Å². The van der Waals surface area contributed by atoms with Crippen LogP contribution in [0.1, 0.15) is 15.9 Å². The van der Waals surface area contributed by atoms with E-state index in [4.69, 9.17) is 9.84 Å². The fourth-order valence-electron chi connectivity index (χ4n) is 2.05. The van der Waals surface area contributed by atoms with Gasteiger partial charge in [-0.05, 0) is 5.56 Å². The molecule has 0 saturated heterocycles. The van der Waals surface area contributed by atoms with Crippen LogP contribution in [-0.4, -0.2) is 31.8 Å². The molecule has 116 valence electrons. The highest BCUT2D eigenvalue weighted by molar-refractivity contribution is 6.01. The summed E-state index contributed by atoms with van der Waals surface area (Å²) in [7, 11) is 0. The second-order valence-corrected chi connectivity index (χ2v) is 4.62. The molecule has 0 saturated carbocycles. The summed E-state index contributed by atoms with van der Waals surface area (Å²) in [6, 6.07) is 9.19. The van der Waals surface area contributed by atoms with Crippen molar-refractivity contribution >= 4 is 23.4 Å². The molecule has 1 aromatic carbocycles. The van der Waals surface area contributed by atoms with Crippen molar-refractivity contribution in [3.8, 4) is 0 Å². The molecule has 0 atom stereocenters. The van der Waals surface area contributed by atoms with E-state index in [1.165, 1.54) is 23.1 Å². The van der Waals surface area contributed by atoms with Crippen LogP contribution in [0, 0.1) is 0 Å². The van der Waals surface area contributed by atoms with Crippen LogP contribution in [0.15, 0.2) is 48.9 Å². The minimum absolute atomic E-state index is 0.0588. The van der Waals surface area contributed by atoms with E-state index in [1.807, 2.05) is 30.3 Å². The molecule has 3 rings (SSSR count). The maximum atomic E-state index is 11.9. The summed E-state index contributed by atoms with van der Waals surface area (Å²) in [5, 5.41) is 15.5. The molecule has 2 aromatic heterocycles. The zero-order valence-electron chi connectivity index (χ0n) is 11.8. The minimum Gasteiger partial charge on any atom is -0.478 e. The molecule has 8 heteroatoms. The molecule has 0 bridgehead atoms. The number of hydrogen-bond acceptors (Lipinski definition) is 5. The molecule has 23 heavy (non-hydrogen) atoms. The summed E-state index contributed by atoms with van der Waals surface area (Å²) >= 11 is 0. The number of carboxylic acid groups (broad SMARTS) is 1. The lowest BCUT2D eigenvalue weighted by atomic mass is 10.2. The van der Waals surface area contributed by atoms with Gasteiger partial charge in [-0.25, -0.2) is 19.1 Å². The van der Waals surface area contributed by atoms with Crippen molar-refractivity contribution in [1.82, 2.24) is 14.6 Å². The third-order valence-corrected chi connectivity index (χ3v) is 3.09. The Kier molecular flexibility index (Phi) is 3.88. The average Bonchev–Trinajstić information content (AvgIpc) is 2.99. The number of ether oxygens (including phenoxy) is 1. The Morgan fingerprint density at radius 2 is 2.04 bits per heavy atom. The lowest BCUT2D eigenvalue weighted by Gasteiger charge is -2.08. The summed E-state index contributed by atoms with van der Waals surface area (Å²) in [6.07, 6.45) is 3.35. The number of anilines is 1. The summed E-state index contributed by atoms with van der Waals surface area (Å²) in [5.41, 5.74) is 0.970. The summed E-state index contributed by atoms with van der Waals surface area (Å²) in [5.74, 6) is -1.09. The van der Waals surface area contributed by atoms with Gasteiger partial charge in [0.25, 0.3) is 0 Å². The van der Waals surface area contributed by atoms with Crippen LogP contribution in [-0.2, 0) is 11.3 Å². The molecule has 0 fully saturated rings. The second kappa shape index (κ2) is 6.14. The van der Waals surface area contributed by atoms with Crippen LogP contribution in [0.5, 0.6) is 0 Å². The Labute approximate surface area is 130 Å². The number of fused-ring (bicyclic) bond motifs is 1. The van der Waals surface area contributed by atoms with Crippen molar-refractivity contribution in [2.45, 2.75) is 6.61 Å². The predicted octanol–water partition coefficient (Wildman–Crippen LogP) is 2.18. The van der Waals surface area contributed by atoms with E-state index in [0.717, 1.165) is 5.56 Å². The Morgan fingerprint density at radius 1 is 1.26 bits per heavy atom. The number of amides is 1. The van der Waals surface area contributed by atoms with Crippen molar-refractivity contribution in [2.24, 2.45) is 0 Å². The molecule has 0 unspecified atom stereocenters. The standard InChI is InChI=1S/C15H12N4O4/c20-14(21)11-8-17-19-7-6-16-13(12(11)19)18-15(22)23-9-10-4-2-1-3-5-10/h1-8H,9H2,(H,20,21)(H,16,18,22). The number of nitrogens with one attached hydrogen (secondary N) is 1. The third-order valence-electron chi connectivity index (χ3n) is 3.09. The number of aromatic nitrogens is 3. The molecule has 3 aromatic rings. The maximum absolute atomic E-state index is 11.9. The van der Waals surface area contributed by atoms with Crippen molar-refractivity contribution in [3.05, 3.63) is 60.0 Å². The van der Waals surface area contributed by atoms with Crippen molar-refractivity contribution < 1.29 is 19.4 Å². The Hall–Kier alpha value is -3.42. The molecule has 0 spiro atoms. The van der Waals surface area contributed by atoms with E-state index in [9.17, 15) is 9.59 Å². The highest BCUT2D eigenvalue weighted by atomic mass is 16.5. The quantitative estimate of drug-likeness (QED) is 0.765. The average molecular weight is 312 g/mol. The van der Waals surface area contributed by atoms with Gasteiger partial charge < -0.3 is 9.84 Å². The number of carbonyl (C=O) groups is 2. The van der Waals surface area contributed by atoms with Crippen LogP contribution < -0.4 is 5.32 Å². The van der Waals surface area contributed by atoms with E-state index in [2.05, 4.69) is 15.4 Å². The van der Waals surface area contributed by atoms with Gasteiger partial charge in [0.2, 0.25) is 0 Å². The normalized spacial score (nSPS) is 10.4. The lowest BCUT2D eigenvalue weighted by Crippen LogP contribution is -2.15. The van der Waals surface area contributed by atoms with Gasteiger partial charge in [0.1, 0.15) is 17.7 Å². The number of aromatic carboxylic acids is 1. The molecule has 2 N–H and O–H groups in total. The first-order valence-electron chi connectivity index (χ1n) is 6.68. The number of benzene rings is 1. The summed E-state index contributed by atoms with van der Waals surface area (Å²) in [6.45, 7) is 0.0981. The highest BCUT2D eigenvalue weighted by Gasteiger charge is 2.17. The first-order chi connectivity index (χ1) is 11.1. The van der Waals surface area contributed by atoms with Crippen molar-refractivity contribution in [1.29, 1.82) is 0 Å². The largest absolute Gasteiger partial charge is 0.478 e.